The first-order chi connectivity index (χ1) is 12.9. The highest BCUT2D eigenvalue weighted by atomic mass is 32.2. The molecule has 142 valence electrons. The third-order valence-corrected chi connectivity index (χ3v) is 5.01. The zero-order chi connectivity index (χ0) is 19.4. The molecule has 3 rings (SSSR count). The smallest absolute Gasteiger partial charge is 0.264 e. The van der Waals surface area contributed by atoms with Gasteiger partial charge in [0, 0.05) is 24.1 Å². The molecule has 27 heavy (non-hydrogen) atoms. The van der Waals surface area contributed by atoms with Gasteiger partial charge >= 0.3 is 0 Å². The molecule has 6 nitrogen and oxygen atoms in total. The fraction of sp³-hybridized carbons (Fsp3) is 0.167. The predicted octanol–water partition coefficient (Wildman–Crippen LogP) is 2.64. The Hall–Kier alpha value is -2.94. The van der Waals surface area contributed by atoms with Gasteiger partial charge in [-0.05, 0) is 30.3 Å². The van der Waals surface area contributed by atoms with Gasteiger partial charge in [0.05, 0.1) is 18.1 Å². The van der Waals surface area contributed by atoms with Crippen LogP contribution >= 0.6 is 0 Å². The first-order valence-corrected chi connectivity index (χ1v) is 9.44. The van der Waals surface area contributed by atoms with E-state index in [1.807, 2.05) is 4.72 Å². The normalized spacial score (nSPS) is 14.0. The van der Waals surface area contributed by atoms with Crippen LogP contribution in [0, 0.1) is 11.6 Å². The molecule has 2 aromatic carbocycles. The molecule has 0 spiro atoms. The third-order valence-electron chi connectivity index (χ3n) is 3.67. The van der Waals surface area contributed by atoms with E-state index >= 15 is 0 Å². The Morgan fingerprint density at radius 2 is 1.70 bits per heavy atom. The number of halogens is 2. The summed E-state index contributed by atoms with van der Waals surface area (Å²) < 4.78 is 64.4. The van der Waals surface area contributed by atoms with Crippen LogP contribution in [0.3, 0.4) is 0 Å². The van der Waals surface area contributed by atoms with E-state index in [4.69, 9.17) is 9.47 Å². The highest BCUT2D eigenvalue weighted by Crippen LogP contribution is 2.31. The number of nitrogens with one attached hydrogen (secondary N) is 1. The van der Waals surface area contributed by atoms with Crippen molar-refractivity contribution in [2.24, 2.45) is 0 Å². The van der Waals surface area contributed by atoms with Crippen molar-refractivity contribution in [1.29, 1.82) is 0 Å². The molecule has 0 bridgehead atoms. The van der Waals surface area contributed by atoms with E-state index in [9.17, 15) is 22.0 Å². The van der Waals surface area contributed by atoms with E-state index in [1.54, 1.807) is 0 Å². The van der Waals surface area contributed by atoms with Gasteiger partial charge < -0.3 is 9.47 Å². The highest BCUT2D eigenvalue weighted by molar-refractivity contribution is 7.90. The van der Waals surface area contributed by atoms with Crippen LogP contribution < -0.4 is 14.2 Å². The van der Waals surface area contributed by atoms with Crippen molar-refractivity contribution < 1.29 is 31.5 Å². The number of rotatable bonds is 4. The summed E-state index contributed by atoms with van der Waals surface area (Å²) in [6.07, 6.45) is 2.26. The van der Waals surface area contributed by atoms with Crippen LogP contribution in [0.5, 0.6) is 11.5 Å². The van der Waals surface area contributed by atoms with E-state index in [2.05, 4.69) is 0 Å². The topological polar surface area (TPSA) is 81.7 Å². The number of fused-ring (bicyclic) bond motifs is 1. The lowest BCUT2D eigenvalue weighted by Gasteiger charge is -2.10. The van der Waals surface area contributed by atoms with Gasteiger partial charge in [0.2, 0.25) is 0 Å². The molecule has 0 saturated carbocycles. The standard InChI is InChI=1S/C18H15F2NO5S/c19-14-3-1-4-15(20)13(14)6-8-18(22)21-27(23,24)12-5-7-16-17(11-12)26-10-2-9-25-16/h1,3-8,11H,2,9-10H2,(H,21,22)/b8-6+. The van der Waals surface area contributed by atoms with Crippen LogP contribution in [-0.2, 0) is 14.8 Å². The second-order valence-electron chi connectivity index (χ2n) is 5.60. The Morgan fingerprint density at radius 3 is 2.41 bits per heavy atom. The lowest BCUT2D eigenvalue weighted by Crippen LogP contribution is -2.29. The molecule has 1 heterocycles. The summed E-state index contributed by atoms with van der Waals surface area (Å²) in [5.41, 5.74) is -0.444. The van der Waals surface area contributed by atoms with Gasteiger partial charge in [-0.3, -0.25) is 4.79 Å². The molecule has 9 heteroatoms. The van der Waals surface area contributed by atoms with Crippen molar-refractivity contribution in [3.63, 3.8) is 0 Å². The average molecular weight is 395 g/mol. The fourth-order valence-electron chi connectivity index (χ4n) is 2.37. The molecule has 0 fully saturated rings. The Morgan fingerprint density at radius 1 is 1.04 bits per heavy atom. The maximum Gasteiger partial charge on any atom is 0.264 e. The first-order valence-electron chi connectivity index (χ1n) is 7.95. The largest absolute Gasteiger partial charge is 0.490 e. The summed E-state index contributed by atoms with van der Waals surface area (Å²) in [4.78, 5) is 11.7. The molecule has 0 atom stereocenters. The van der Waals surface area contributed by atoms with Crippen LogP contribution in [0.2, 0.25) is 0 Å². The van der Waals surface area contributed by atoms with E-state index in [1.165, 1.54) is 24.3 Å². The molecule has 1 aliphatic heterocycles. The van der Waals surface area contributed by atoms with Crippen LogP contribution in [0.15, 0.2) is 47.4 Å². The monoisotopic (exact) mass is 395 g/mol. The average Bonchev–Trinajstić information content (AvgIpc) is 2.85. The lowest BCUT2D eigenvalue weighted by atomic mass is 10.2. The van der Waals surface area contributed by atoms with Crippen LogP contribution in [0.1, 0.15) is 12.0 Å². The van der Waals surface area contributed by atoms with Crippen LogP contribution in [0.25, 0.3) is 6.08 Å². The maximum atomic E-state index is 13.5. The predicted molar refractivity (Wildman–Crippen MR) is 92.8 cm³/mol. The van der Waals surface area contributed by atoms with Crippen molar-refractivity contribution in [2.45, 2.75) is 11.3 Å². The van der Waals surface area contributed by atoms with Gasteiger partial charge in [-0.25, -0.2) is 21.9 Å². The van der Waals surface area contributed by atoms with E-state index in [0.29, 0.717) is 25.4 Å². The Labute approximate surface area is 154 Å². The summed E-state index contributed by atoms with van der Waals surface area (Å²) in [6, 6.07) is 7.17. The highest BCUT2D eigenvalue weighted by Gasteiger charge is 2.20. The van der Waals surface area contributed by atoms with Gasteiger partial charge in [0.1, 0.15) is 11.6 Å². The number of carbonyl (C=O) groups excluding carboxylic acids is 1. The molecular weight excluding hydrogens is 380 g/mol. The number of carbonyl (C=O) groups is 1. The molecular formula is C18H15F2NO5S. The number of ether oxygens (including phenoxy) is 2. The molecule has 0 radical (unpaired) electrons. The molecule has 0 saturated heterocycles. The van der Waals surface area contributed by atoms with E-state index in [0.717, 1.165) is 24.3 Å². The second kappa shape index (κ2) is 7.75. The van der Waals surface area contributed by atoms with Gasteiger partial charge in [-0.15, -0.1) is 0 Å². The summed E-state index contributed by atoms with van der Waals surface area (Å²) in [5, 5.41) is 0. The summed E-state index contributed by atoms with van der Waals surface area (Å²) in [6.45, 7) is 0.826. The SMILES string of the molecule is O=C(/C=C/c1c(F)cccc1F)NS(=O)(=O)c1ccc2c(c1)OCCCO2. The second-order valence-corrected chi connectivity index (χ2v) is 7.28. The van der Waals surface area contributed by atoms with Gasteiger partial charge in [-0.1, -0.05) is 6.07 Å². The maximum absolute atomic E-state index is 13.5. The number of amides is 1. The van der Waals surface area contributed by atoms with Gasteiger partial charge in [-0.2, -0.15) is 0 Å². The quantitative estimate of drug-likeness (QED) is 0.805. The molecule has 0 aromatic heterocycles. The van der Waals surface area contributed by atoms with Crippen LogP contribution in [-0.4, -0.2) is 27.5 Å². The van der Waals surface area contributed by atoms with Crippen molar-refractivity contribution in [2.75, 3.05) is 13.2 Å². The summed E-state index contributed by atoms with van der Waals surface area (Å²) in [5.74, 6) is -2.13. The zero-order valence-corrected chi connectivity index (χ0v) is 14.8. The summed E-state index contributed by atoms with van der Waals surface area (Å²) in [7, 11) is -4.20. The number of hydrogen-bond acceptors (Lipinski definition) is 5. The minimum absolute atomic E-state index is 0.203. The number of sulfonamides is 1. The Bertz CT molecular complexity index is 985. The molecule has 0 unspecified atom stereocenters. The first kappa shape index (κ1) is 18.8. The van der Waals surface area contributed by atoms with Crippen LogP contribution in [0.4, 0.5) is 8.78 Å². The van der Waals surface area contributed by atoms with Crippen molar-refractivity contribution in [3.05, 3.63) is 59.7 Å². The number of hydrogen-bond donors (Lipinski definition) is 1. The molecule has 1 N–H and O–H groups in total. The van der Waals surface area contributed by atoms with Gasteiger partial charge in [0.25, 0.3) is 15.9 Å². The van der Waals surface area contributed by atoms with E-state index in [-0.39, 0.29) is 10.6 Å². The van der Waals surface area contributed by atoms with Gasteiger partial charge in [0.15, 0.2) is 11.5 Å². The Balaban J connectivity index is 1.77. The van der Waals surface area contributed by atoms with E-state index < -0.39 is 33.1 Å². The van der Waals surface area contributed by atoms with Crippen molar-refractivity contribution in [1.82, 2.24) is 4.72 Å². The molecule has 0 aliphatic carbocycles. The van der Waals surface area contributed by atoms with Crippen molar-refractivity contribution in [3.8, 4) is 11.5 Å². The number of benzene rings is 2. The molecule has 1 amide bonds. The molecule has 1 aliphatic rings. The Kier molecular flexibility index (Phi) is 5.41. The summed E-state index contributed by atoms with van der Waals surface area (Å²) >= 11 is 0. The third kappa shape index (κ3) is 4.43. The fourth-order valence-corrected chi connectivity index (χ4v) is 3.33. The van der Waals surface area contributed by atoms with Crippen molar-refractivity contribution >= 4 is 22.0 Å². The molecule has 2 aromatic rings. The lowest BCUT2D eigenvalue weighted by molar-refractivity contribution is -0.114. The minimum Gasteiger partial charge on any atom is -0.490 e. The minimum atomic E-state index is -4.20. The zero-order valence-electron chi connectivity index (χ0n) is 13.9.